The van der Waals surface area contributed by atoms with Gasteiger partial charge in [0.1, 0.15) is 0 Å². The van der Waals surface area contributed by atoms with Crippen LogP contribution < -0.4 is 11.1 Å². The van der Waals surface area contributed by atoms with E-state index in [0.29, 0.717) is 12.3 Å². The number of likely N-dealkylation sites (tertiary alicyclic amines) is 1. The second kappa shape index (κ2) is 12.4. The predicted octanol–water partition coefficient (Wildman–Crippen LogP) is 3.49. The fourth-order valence-corrected chi connectivity index (χ4v) is 4.17. The van der Waals surface area contributed by atoms with Crippen molar-refractivity contribution in [3.63, 3.8) is 0 Å². The fourth-order valence-electron chi connectivity index (χ4n) is 3.42. The Balaban J connectivity index is 0.00000182. The molecule has 1 aromatic heterocycles. The van der Waals surface area contributed by atoms with Crippen LogP contribution in [0, 0.1) is 5.92 Å². The highest BCUT2D eigenvalue weighted by Gasteiger charge is 2.22. The summed E-state index contributed by atoms with van der Waals surface area (Å²) in [5.74, 6) is 0.473. The third-order valence-electron chi connectivity index (χ3n) is 4.76. The molecule has 1 saturated heterocycles. The van der Waals surface area contributed by atoms with Gasteiger partial charge in [-0.05, 0) is 48.7 Å². The summed E-state index contributed by atoms with van der Waals surface area (Å²) in [6, 6.07) is 13.8. The van der Waals surface area contributed by atoms with Gasteiger partial charge in [-0.3, -0.25) is 9.69 Å². The van der Waals surface area contributed by atoms with E-state index in [1.54, 1.807) is 0 Å². The van der Waals surface area contributed by atoms with Crippen molar-refractivity contribution in [1.82, 2.24) is 10.2 Å². The topological polar surface area (TPSA) is 58.4 Å². The highest BCUT2D eigenvalue weighted by Crippen LogP contribution is 2.20. The molecule has 2 atom stereocenters. The molecule has 1 aliphatic rings. The van der Waals surface area contributed by atoms with Gasteiger partial charge in [-0.25, -0.2) is 0 Å². The van der Waals surface area contributed by atoms with Crippen LogP contribution in [0.1, 0.15) is 23.3 Å². The van der Waals surface area contributed by atoms with Crippen molar-refractivity contribution in [2.75, 3.05) is 19.6 Å². The van der Waals surface area contributed by atoms with Crippen molar-refractivity contribution < 1.29 is 4.79 Å². The third-order valence-corrected chi connectivity index (χ3v) is 5.62. The number of hydrogen-bond donors (Lipinski definition) is 2. The van der Waals surface area contributed by atoms with E-state index in [2.05, 4.69) is 27.7 Å². The lowest BCUT2D eigenvalue weighted by Crippen LogP contribution is -2.46. The van der Waals surface area contributed by atoms with Crippen LogP contribution in [0.25, 0.3) is 0 Å². The van der Waals surface area contributed by atoms with Crippen molar-refractivity contribution in [2.45, 2.75) is 31.8 Å². The molecule has 0 spiro atoms. The number of thiophene rings is 1. The van der Waals surface area contributed by atoms with Gasteiger partial charge < -0.3 is 11.1 Å². The first kappa shape index (κ1) is 23.9. The number of rotatable bonds is 7. The first-order valence-corrected chi connectivity index (χ1v) is 9.90. The van der Waals surface area contributed by atoms with E-state index in [0.717, 1.165) is 31.7 Å². The SMILES string of the molecule is Cl.Cl.NC(Cc1ccccc1)C(=O)NCC1CCCN(Cc2cccs2)C1. The van der Waals surface area contributed by atoms with E-state index in [1.165, 1.54) is 17.7 Å². The Bertz CT molecular complexity index is 655. The number of carbonyl (C=O) groups excluding carboxylic acids is 1. The third kappa shape index (κ3) is 7.80. The summed E-state index contributed by atoms with van der Waals surface area (Å²) >= 11 is 1.81. The molecule has 1 aromatic carbocycles. The molecule has 3 N–H and O–H groups in total. The van der Waals surface area contributed by atoms with Gasteiger partial charge in [0.25, 0.3) is 0 Å². The van der Waals surface area contributed by atoms with Crippen LogP contribution in [0.15, 0.2) is 47.8 Å². The first-order valence-electron chi connectivity index (χ1n) is 9.02. The monoisotopic (exact) mass is 429 g/mol. The molecule has 1 amide bonds. The molecule has 27 heavy (non-hydrogen) atoms. The van der Waals surface area contributed by atoms with Crippen LogP contribution in [-0.2, 0) is 17.8 Å². The highest BCUT2D eigenvalue weighted by atomic mass is 35.5. The van der Waals surface area contributed by atoms with Gasteiger partial charge in [0, 0.05) is 24.5 Å². The number of nitrogens with one attached hydrogen (secondary N) is 1. The standard InChI is InChI=1S/C20H27N3OS.2ClH/c21-19(12-16-6-2-1-3-7-16)20(24)22-13-17-8-4-10-23(14-17)15-18-9-5-11-25-18;;/h1-3,5-7,9,11,17,19H,4,8,10,12-15,21H2,(H,22,24);2*1H. The summed E-state index contributed by atoms with van der Waals surface area (Å²) in [6.07, 6.45) is 2.96. The number of hydrogen-bond acceptors (Lipinski definition) is 4. The summed E-state index contributed by atoms with van der Waals surface area (Å²) in [7, 11) is 0. The van der Waals surface area contributed by atoms with Gasteiger partial charge in [-0.1, -0.05) is 36.4 Å². The lowest BCUT2D eigenvalue weighted by atomic mass is 9.97. The maximum Gasteiger partial charge on any atom is 0.237 e. The minimum atomic E-state index is -0.479. The molecule has 0 aliphatic carbocycles. The summed E-state index contributed by atoms with van der Waals surface area (Å²) in [5, 5.41) is 5.19. The summed E-state index contributed by atoms with van der Waals surface area (Å²) in [4.78, 5) is 16.2. The second-order valence-corrected chi connectivity index (χ2v) is 7.90. The van der Waals surface area contributed by atoms with E-state index in [4.69, 9.17) is 5.73 Å². The molecule has 3 rings (SSSR count). The molecule has 2 unspecified atom stereocenters. The maximum absolute atomic E-state index is 12.3. The van der Waals surface area contributed by atoms with Crippen LogP contribution in [-0.4, -0.2) is 36.5 Å². The van der Waals surface area contributed by atoms with E-state index < -0.39 is 6.04 Å². The van der Waals surface area contributed by atoms with Gasteiger partial charge in [0.2, 0.25) is 5.91 Å². The molecule has 0 saturated carbocycles. The van der Waals surface area contributed by atoms with Crippen molar-refractivity contribution in [3.8, 4) is 0 Å². The molecular formula is C20H29Cl2N3OS. The molecule has 2 aromatic rings. The zero-order chi connectivity index (χ0) is 17.5. The molecule has 1 aliphatic heterocycles. The number of amides is 1. The van der Waals surface area contributed by atoms with Crippen molar-refractivity contribution in [2.24, 2.45) is 11.7 Å². The predicted molar refractivity (Wildman–Crippen MR) is 118 cm³/mol. The van der Waals surface area contributed by atoms with Crippen LogP contribution in [0.5, 0.6) is 0 Å². The zero-order valence-electron chi connectivity index (χ0n) is 15.4. The lowest BCUT2D eigenvalue weighted by molar-refractivity contribution is -0.122. The van der Waals surface area contributed by atoms with Gasteiger partial charge in [0.05, 0.1) is 6.04 Å². The molecular weight excluding hydrogens is 401 g/mol. The molecule has 0 radical (unpaired) electrons. The molecule has 2 heterocycles. The quantitative estimate of drug-likeness (QED) is 0.707. The Morgan fingerprint density at radius 3 is 2.70 bits per heavy atom. The number of piperidine rings is 1. The minimum Gasteiger partial charge on any atom is -0.354 e. The Kier molecular flexibility index (Phi) is 11.0. The molecule has 4 nitrogen and oxygen atoms in total. The average Bonchev–Trinajstić information content (AvgIpc) is 3.14. The van der Waals surface area contributed by atoms with Crippen molar-refractivity contribution in [1.29, 1.82) is 0 Å². The highest BCUT2D eigenvalue weighted by molar-refractivity contribution is 7.09. The molecule has 7 heteroatoms. The summed E-state index contributed by atoms with van der Waals surface area (Å²) in [6.45, 7) is 3.94. The maximum atomic E-state index is 12.3. The Morgan fingerprint density at radius 2 is 2.00 bits per heavy atom. The van der Waals surface area contributed by atoms with Gasteiger partial charge in [0.15, 0.2) is 0 Å². The van der Waals surface area contributed by atoms with Crippen LogP contribution in [0.3, 0.4) is 0 Å². The summed E-state index contributed by atoms with van der Waals surface area (Å²) < 4.78 is 0. The average molecular weight is 430 g/mol. The number of nitrogens with two attached hydrogens (primary N) is 1. The second-order valence-electron chi connectivity index (χ2n) is 6.86. The fraction of sp³-hybridized carbons (Fsp3) is 0.450. The largest absolute Gasteiger partial charge is 0.354 e. The zero-order valence-corrected chi connectivity index (χ0v) is 17.8. The van der Waals surface area contributed by atoms with Crippen LogP contribution in [0.2, 0.25) is 0 Å². The first-order chi connectivity index (χ1) is 12.2. The number of halogens is 2. The number of carbonyl (C=O) groups is 1. The lowest BCUT2D eigenvalue weighted by Gasteiger charge is -2.32. The molecule has 1 fully saturated rings. The molecule has 0 bridgehead atoms. The Hall–Kier alpha value is -1.11. The van der Waals surface area contributed by atoms with E-state index in [-0.39, 0.29) is 30.7 Å². The molecule has 150 valence electrons. The number of nitrogens with zero attached hydrogens (tertiary/aromatic N) is 1. The van der Waals surface area contributed by atoms with Crippen molar-refractivity contribution >= 4 is 42.1 Å². The van der Waals surface area contributed by atoms with Crippen LogP contribution in [0.4, 0.5) is 0 Å². The smallest absolute Gasteiger partial charge is 0.237 e. The van der Waals surface area contributed by atoms with Gasteiger partial charge >= 0.3 is 0 Å². The Morgan fingerprint density at radius 1 is 1.22 bits per heavy atom. The Labute approximate surface area is 178 Å². The van der Waals surface area contributed by atoms with E-state index in [9.17, 15) is 4.79 Å². The van der Waals surface area contributed by atoms with Gasteiger partial charge in [-0.15, -0.1) is 36.2 Å². The van der Waals surface area contributed by atoms with E-state index >= 15 is 0 Å². The van der Waals surface area contributed by atoms with Crippen LogP contribution >= 0.6 is 36.2 Å². The number of benzene rings is 1. The van der Waals surface area contributed by atoms with Gasteiger partial charge in [-0.2, -0.15) is 0 Å². The van der Waals surface area contributed by atoms with E-state index in [1.807, 2.05) is 41.7 Å². The normalized spacial score (nSPS) is 18.0. The van der Waals surface area contributed by atoms with Crippen molar-refractivity contribution in [3.05, 3.63) is 58.3 Å². The minimum absolute atomic E-state index is 0. The summed E-state index contributed by atoms with van der Waals surface area (Å²) in [5.41, 5.74) is 7.16.